The molecule has 0 saturated heterocycles. The van der Waals surface area contributed by atoms with E-state index in [-0.39, 0.29) is 10.6 Å². The molecule has 0 bridgehead atoms. The highest BCUT2D eigenvalue weighted by molar-refractivity contribution is 5.92. The van der Waals surface area contributed by atoms with Crippen molar-refractivity contribution < 1.29 is 4.92 Å². The molecule has 1 aliphatic rings. The molecule has 0 fully saturated rings. The van der Waals surface area contributed by atoms with E-state index >= 15 is 0 Å². The molecule has 0 atom stereocenters. The SMILES string of the molecule is N#Cc1cc(N2CCc3ccc([N+](=O)[O-])cc3C2)c2ccccc2n1. The van der Waals surface area contributed by atoms with Crippen LogP contribution in [0, 0.1) is 21.4 Å². The summed E-state index contributed by atoms with van der Waals surface area (Å²) in [5, 5.41) is 21.3. The molecule has 0 spiro atoms. The number of nitro benzene ring substituents is 1. The topological polar surface area (TPSA) is 83.1 Å². The highest BCUT2D eigenvalue weighted by Crippen LogP contribution is 2.32. The van der Waals surface area contributed by atoms with Crippen LogP contribution in [0.2, 0.25) is 0 Å². The minimum Gasteiger partial charge on any atom is -0.366 e. The predicted molar refractivity (Wildman–Crippen MR) is 94.3 cm³/mol. The van der Waals surface area contributed by atoms with E-state index < -0.39 is 0 Å². The Balaban J connectivity index is 1.79. The Morgan fingerprint density at radius 2 is 2.00 bits per heavy atom. The maximum atomic E-state index is 11.0. The van der Waals surface area contributed by atoms with Crippen LogP contribution in [-0.4, -0.2) is 16.5 Å². The third kappa shape index (κ3) is 2.66. The standard InChI is InChI=1S/C19H14N4O2/c20-11-15-10-19(17-3-1-2-4-18(17)21-15)22-8-7-13-5-6-16(23(24)25)9-14(13)12-22/h1-6,9-10H,7-8,12H2. The zero-order valence-corrected chi connectivity index (χ0v) is 13.3. The minimum absolute atomic E-state index is 0.109. The molecule has 1 aromatic heterocycles. The van der Waals surface area contributed by atoms with Crippen molar-refractivity contribution in [3.05, 3.63) is 75.5 Å². The fourth-order valence-corrected chi connectivity index (χ4v) is 3.34. The van der Waals surface area contributed by atoms with Crippen LogP contribution in [0.4, 0.5) is 11.4 Å². The van der Waals surface area contributed by atoms with E-state index in [0.717, 1.165) is 40.7 Å². The summed E-state index contributed by atoms with van der Waals surface area (Å²) in [6, 6.07) is 16.7. The number of nitrogens with zero attached hydrogens (tertiary/aromatic N) is 4. The van der Waals surface area contributed by atoms with Crippen molar-refractivity contribution in [1.29, 1.82) is 5.26 Å². The Morgan fingerprint density at radius 1 is 1.16 bits per heavy atom. The van der Waals surface area contributed by atoms with E-state index in [0.29, 0.717) is 12.2 Å². The summed E-state index contributed by atoms with van der Waals surface area (Å²) in [7, 11) is 0. The van der Waals surface area contributed by atoms with E-state index in [1.54, 1.807) is 18.2 Å². The monoisotopic (exact) mass is 330 g/mol. The second-order valence-electron chi connectivity index (χ2n) is 6.04. The van der Waals surface area contributed by atoms with Gasteiger partial charge in [-0.05, 0) is 29.7 Å². The molecule has 0 unspecified atom stereocenters. The molecule has 25 heavy (non-hydrogen) atoms. The molecular weight excluding hydrogens is 316 g/mol. The van der Waals surface area contributed by atoms with Gasteiger partial charge in [-0.3, -0.25) is 10.1 Å². The number of pyridine rings is 1. The van der Waals surface area contributed by atoms with Gasteiger partial charge in [0, 0.05) is 36.3 Å². The first-order valence-electron chi connectivity index (χ1n) is 7.97. The van der Waals surface area contributed by atoms with Crippen molar-refractivity contribution >= 4 is 22.3 Å². The first kappa shape index (κ1) is 15.1. The fourth-order valence-electron chi connectivity index (χ4n) is 3.34. The molecule has 2 aromatic carbocycles. The molecule has 0 N–H and O–H groups in total. The third-order valence-corrected chi connectivity index (χ3v) is 4.56. The van der Waals surface area contributed by atoms with Gasteiger partial charge in [0.15, 0.2) is 0 Å². The summed E-state index contributed by atoms with van der Waals surface area (Å²) in [4.78, 5) is 17.2. The lowest BCUT2D eigenvalue weighted by molar-refractivity contribution is -0.384. The number of nitro groups is 1. The largest absolute Gasteiger partial charge is 0.366 e. The fraction of sp³-hybridized carbons (Fsp3) is 0.158. The van der Waals surface area contributed by atoms with Crippen molar-refractivity contribution in [1.82, 2.24) is 4.98 Å². The highest BCUT2D eigenvalue weighted by Gasteiger charge is 2.21. The van der Waals surface area contributed by atoms with Crippen LogP contribution in [-0.2, 0) is 13.0 Å². The molecule has 6 heteroatoms. The normalized spacial score (nSPS) is 13.3. The van der Waals surface area contributed by atoms with E-state index in [4.69, 9.17) is 0 Å². The Hall–Kier alpha value is -3.46. The second kappa shape index (κ2) is 5.87. The van der Waals surface area contributed by atoms with Gasteiger partial charge in [0.25, 0.3) is 5.69 Å². The summed E-state index contributed by atoms with van der Waals surface area (Å²) in [6.07, 6.45) is 0.811. The number of benzene rings is 2. The van der Waals surface area contributed by atoms with Gasteiger partial charge in [0.2, 0.25) is 0 Å². The predicted octanol–water partition coefficient (Wildman–Crippen LogP) is 3.58. The zero-order chi connectivity index (χ0) is 17.4. The van der Waals surface area contributed by atoms with Gasteiger partial charge >= 0.3 is 0 Å². The van der Waals surface area contributed by atoms with Gasteiger partial charge in [0.1, 0.15) is 11.8 Å². The quantitative estimate of drug-likeness (QED) is 0.530. The number of hydrogen-bond donors (Lipinski definition) is 0. The minimum atomic E-state index is -0.366. The van der Waals surface area contributed by atoms with Crippen LogP contribution in [0.25, 0.3) is 10.9 Å². The summed E-state index contributed by atoms with van der Waals surface area (Å²) >= 11 is 0. The van der Waals surface area contributed by atoms with Crippen LogP contribution >= 0.6 is 0 Å². The summed E-state index contributed by atoms with van der Waals surface area (Å²) < 4.78 is 0. The lowest BCUT2D eigenvalue weighted by Crippen LogP contribution is -2.30. The molecule has 0 amide bonds. The molecule has 4 rings (SSSR count). The van der Waals surface area contributed by atoms with Crippen molar-refractivity contribution in [2.45, 2.75) is 13.0 Å². The molecule has 0 aliphatic carbocycles. The number of hydrogen-bond acceptors (Lipinski definition) is 5. The highest BCUT2D eigenvalue weighted by atomic mass is 16.6. The summed E-state index contributed by atoms with van der Waals surface area (Å²) in [6.45, 7) is 1.37. The van der Waals surface area contributed by atoms with Crippen LogP contribution in [0.3, 0.4) is 0 Å². The first-order valence-corrected chi connectivity index (χ1v) is 7.97. The molecule has 1 aliphatic heterocycles. The molecule has 6 nitrogen and oxygen atoms in total. The Labute approximate surface area is 144 Å². The molecule has 2 heterocycles. The van der Waals surface area contributed by atoms with Gasteiger partial charge in [-0.25, -0.2) is 4.98 Å². The summed E-state index contributed by atoms with van der Waals surface area (Å²) in [5.41, 5.74) is 4.30. The lowest BCUT2D eigenvalue weighted by Gasteiger charge is -2.31. The smallest absolute Gasteiger partial charge is 0.269 e. The van der Waals surface area contributed by atoms with Gasteiger partial charge in [-0.1, -0.05) is 24.3 Å². The van der Waals surface area contributed by atoms with E-state index in [9.17, 15) is 15.4 Å². The number of para-hydroxylation sites is 1. The van der Waals surface area contributed by atoms with Gasteiger partial charge in [-0.2, -0.15) is 5.26 Å². The summed E-state index contributed by atoms with van der Waals surface area (Å²) in [5.74, 6) is 0. The average Bonchev–Trinajstić information content (AvgIpc) is 2.66. The van der Waals surface area contributed by atoms with Crippen molar-refractivity contribution in [2.75, 3.05) is 11.4 Å². The Bertz CT molecular complexity index is 1040. The number of fused-ring (bicyclic) bond motifs is 2. The zero-order valence-electron chi connectivity index (χ0n) is 13.3. The van der Waals surface area contributed by atoms with Gasteiger partial charge in [0.05, 0.1) is 10.4 Å². The molecule has 3 aromatic rings. The molecule has 122 valence electrons. The van der Waals surface area contributed by atoms with Gasteiger partial charge in [-0.15, -0.1) is 0 Å². The number of aromatic nitrogens is 1. The molecular formula is C19H14N4O2. The van der Waals surface area contributed by atoms with E-state index in [1.807, 2.05) is 30.3 Å². The number of nitriles is 1. The van der Waals surface area contributed by atoms with Crippen molar-refractivity contribution in [3.63, 3.8) is 0 Å². The van der Waals surface area contributed by atoms with Crippen LogP contribution in [0.1, 0.15) is 16.8 Å². The third-order valence-electron chi connectivity index (χ3n) is 4.56. The Morgan fingerprint density at radius 3 is 2.80 bits per heavy atom. The van der Waals surface area contributed by atoms with E-state index in [2.05, 4.69) is 16.0 Å². The lowest BCUT2D eigenvalue weighted by atomic mass is 9.98. The van der Waals surface area contributed by atoms with Crippen molar-refractivity contribution in [3.8, 4) is 6.07 Å². The maximum absolute atomic E-state index is 11.0. The number of rotatable bonds is 2. The molecule has 0 saturated carbocycles. The maximum Gasteiger partial charge on any atom is 0.269 e. The van der Waals surface area contributed by atoms with Crippen molar-refractivity contribution in [2.24, 2.45) is 0 Å². The first-order chi connectivity index (χ1) is 12.2. The average molecular weight is 330 g/mol. The number of non-ortho nitro benzene ring substituents is 1. The Kier molecular flexibility index (Phi) is 3.55. The van der Waals surface area contributed by atoms with Crippen LogP contribution in [0.15, 0.2) is 48.5 Å². The van der Waals surface area contributed by atoms with Gasteiger partial charge < -0.3 is 4.90 Å². The van der Waals surface area contributed by atoms with E-state index in [1.165, 1.54) is 0 Å². The van der Waals surface area contributed by atoms with Crippen LogP contribution in [0.5, 0.6) is 0 Å². The number of anilines is 1. The second-order valence-corrected chi connectivity index (χ2v) is 6.04. The van der Waals surface area contributed by atoms with Crippen LogP contribution < -0.4 is 4.90 Å². The molecule has 0 radical (unpaired) electrons.